The molecular weight excluding hydrogens is 288 g/mol. The van der Waals surface area contributed by atoms with Crippen LogP contribution in [0.3, 0.4) is 0 Å². The molecule has 1 aromatic rings. The molecule has 2 fully saturated rings. The third-order valence-electron chi connectivity index (χ3n) is 3.99. The first-order chi connectivity index (χ1) is 10.3. The Kier molecular flexibility index (Phi) is 4.70. The van der Waals surface area contributed by atoms with Crippen LogP contribution in [0.1, 0.15) is 24.8 Å². The number of alkyl halides is 1. The largest absolute Gasteiger partial charge is 0.489 e. The van der Waals surface area contributed by atoms with Gasteiger partial charge in [-0.3, -0.25) is 0 Å². The van der Waals surface area contributed by atoms with Crippen molar-refractivity contribution in [3.05, 3.63) is 29.8 Å². The van der Waals surface area contributed by atoms with Crippen molar-refractivity contribution in [1.82, 2.24) is 0 Å². The third-order valence-corrected chi connectivity index (χ3v) is 4.12. The van der Waals surface area contributed by atoms with Crippen LogP contribution in [-0.4, -0.2) is 37.4 Å². The topological polar surface area (TPSA) is 27.7 Å². The van der Waals surface area contributed by atoms with E-state index in [0.29, 0.717) is 12.5 Å². The minimum atomic E-state index is -0.139. The number of hydrogen-bond acceptors (Lipinski definition) is 3. The maximum Gasteiger partial charge on any atom is 0.135 e. The molecule has 0 saturated carbocycles. The Bertz CT molecular complexity index is 540. The standard InChI is InChI=1S/C17H19ClO3/c18-9-3-5-14-4-1-2-6-16(14)21-15-7-10-20-17(12-15)8-11-19-13-17/h1-2,4,6,15H,7-13H2. The second-order valence-corrected chi connectivity index (χ2v) is 5.77. The minimum Gasteiger partial charge on any atom is -0.489 e. The molecule has 21 heavy (non-hydrogen) atoms. The van der Waals surface area contributed by atoms with E-state index in [1.165, 1.54) is 0 Å². The fourth-order valence-corrected chi connectivity index (χ4v) is 2.99. The molecule has 3 rings (SSSR count). The van der Waals surface area contributed by atoms with Crippen LogP contribution >= 0.6 is 11.6 Å². The van der Waals surface area contributed by atoms with E-state index >= 15 is 0 Å². The lowest BCUT2D eigenvalue weighted by atomic mass is 9.91. The van der Waals surface area contributed by atoms with Crippen LogP contribution in [0.4, 0.5) is 0 Å². The Morgan fingerprint density at radius 3 is 3.05 bits per heavy atom. The number of ether oxygens (including phenoxy) is 3. The Labute approximate surface area is 130 Å². The molecule has 0 amide bonds. The molecule has 0 N–H and O–H groups in total. The highest BCUT2D eigenvalue weighted by Crippen LogP contribution is 2.34. The molecule has 2 saturated heterocycles. The highest BCUT2D eigenvalue weighted by Gasteiger charge is 2.41. The normalized spacial score (nSPS) is 28.1. The van der Waals surface area contributed by atoms with Crippen LogP contribution in [0, 0.1) is 11.8 Å². The fourth-order valence-electron chi connectivity index (χ4n) is 2.93. The molecular formula is C17H19ClO3. The van der Waals surface area contributed by atoms with Gasteiger partial charge in [-0.25, -0.2) is 0 Å². The Morgan fingerprint density at radius 1 is 1.33 bits per heavy atom. The summed E-state index contributed by atoms with van der Waals surface area (Å²) in [5, 5.41) is 0. The zero-order valence-electron chi connectivity index (χ0n) is 11.9. The first-order valence-electron chi connectivity index (χ1n) is 7.34. The van der Waals surface area contributed by atoms with Gasteiger partial charge in [-0.1, -0.05) is 24.0 Å². The van der Waals surface area contributed by atoms with Gasteiger partial charge in [-0.05, 0) is 12.1 Å². The molecule has 2 heterocycles. The van der Waals surface area contributed by atoms with E-state index in [2.05, 4.69) is 11.8 Å². The van der Waals surface area contributed by atoms with Crippen molar-refractivity contribution >= 4 is 11.6 Å². The highest BCUT2D eigenvalue weighted by atomic mass is 35.5. The summed E-state index contributed by atoms with van der Waals surface area (Å²) in [6, 6.07) is 7.85. The Hall–Kier alpha value is -1.21. The predicted octanol–water partition coefficient (Wildman–Crippen LogP) is 2.99. The van der Waals surface area contributed by atoms with E-state index < -0.39 is 0 Å². The van der Waals surface area contributed by atoms with Crippen molar-refractivity contribution in [3.63, 3.8) is 0 Å². The van der Waals surface area contributed by atoms with Crippen LogP contribution in [0.5, 0.6) is 5.75 Å². The van der Waals surface area contributed by atoms with Crippen LogP contribution < -0.4 is 4.74 Å². The van der Waals surface area contributed by atoms with Gasteiger partial charge < -0.3 is 14.2 Å². The molecule has 112 valence electrons. The van der Waals surface area contributed by atoms with Crippen molar-refractivity contribution in [2.75, 3.05) is 25.7 Å². The molecule has 0 aromatic heterocycles. The van der Waals surface area contributed by atoms with Crippen molar-refractivity contribution in [1.29, 1.82) is 0 Å². The lowest BCUT2D eigenvalue weighted by Crippen LogP contribution is -2.44. The molecule has 2 unspecified atom stereocenters. The molecule has 1 aromatic carbocycles. The van der Waals surface area contributed by atoms with E-state index in [0.717, 1.165) is 43.8 Å². The van der Waals surface area contributed by atoms with Crippen LogP contribution in [0.15, 0.2) is 24.3 Å². The summed E-state index contributed by atoms with van der Waals surface area (Å²) < 4.78 is 17.6. The molecule has 2 aliphatic heterocycles. The zero-order valence-corrected chi connectivity index (χ0v) is 12.7. The summed E-state index contributed by atoms with van der Waals surface area (Å²) in [6.07, 6.45) is 2.89. The smallest absolute Gasteiger partial charge is 0.135 e. The quantitative estimate of drug-likeness (QED) is 0.621. The van der Waals surface area contributed by atoms with Gasteiger partial charge in [0.1, 0.15) is 11.9 Å². The molecule has 3 nitrogen and oxygen atoms in total. The Balaban J connectivity index is 1.71. The van der Waals surface area contributed by atoms with Crippen molar-refractivity contribution in [2.45, 2.75) is 31.0 Å². The second kappa shape index (κ2) is 6.70. The fraction of sp³-hybridized carbons (Fsp3) is 0.529. The van der Waals surface area contributed by atoms with Gasteiger partial charge >= 0.3 is 0 Å². The maximum atomic E-state index is 6.19. The molecule has 2 aliphatic rings. The molecule has 0 radical (unpaired) electrons. The highest BCUT2D eigenvalue weighted by molar-refractivity contribution is 6.19. The van der Waals surface area contributed by atoms with Gasteiger partial charge in [0.2, 0.25) is 0 Å². The minimum absolute atomic E-state index is 0.139. The third kappa shape index (κ3) is 3.52. The van der Waals surface area contributed by atoms with Gasteiger partial charge in [-0.15, -0.1) is 11.6 Å². The van der Waals surface area contributed by atoms with E-state index in [4.69, 9.17) is 25.8 Å². The summed E-state index contributed by atoms with van der Waals surface area (Å²) in [5.41, 5.74) is 0.751. The molecule has 2 atom stereocenters. The molecule has 1 spiro atoms. The van der Waals surface area contributed by atoms with E-state index in [9.17, 15) is 0 Å². The summed E-state index contributed by atoms with van der Waals surface area (Å²) in [7, 11) is 0. The zero-order chi connectivity index (χ0) is 14.5. The monoisotopic (exact) mass is 306 g/mol. The predicted molar refractivity (Wildman–Crippen MR) is 81.8 cm³/mol. The number of para-hydroxylation sites is 1. The van der Waals surface area contributed by atoms with E-state index in [1.54, 1.807) is 0 Å². The number of benzene rings is 1. The summed E-state index contributed by atoms with van der Waals surface area (Å²) in [6.45, 7) is 2.19. The van der Waals surface area contributed by atoms with Gasteiger partial charge in [0.25, 0.3) is 0 Å². The van der Waals surface area contributed by atoms with E-state index in [1.807, 2.05) is 24.3 Å². The molecule has 0 bridgehead atoms. The maximum absolute atomic E-state index is 6.19. The van der Waals surface area contributed by atoms with Gasteiger partial charge in [-0.2, -0.15) is 0 Å². The lowest BCUT2D eigenvalue weighted by molar-refractivity contribution is -0.112. The van der Waals surface area contributed by atoms with Gasteiger partial charge in [0, 0.05) is 25.9 Å². The summed E-state index contributed by atoms with van der Waals surface area (Å²) >= 11 is 5.63. The van der Waals surface area contributed by atoms with Gasteiger partial charge in [0.05, 0.1) is 30.3 Å². The average Bonchev–Trinajstić information content (AvgIpc) is 2.94. The number of rotatable bonds is 2. The first-order valence-corrected chi connectivity index (χ1v) is 7.87. The van der Waals surface area contributed by atoms with Crippen molar-refractivity contribution < 1.29 is 14.2 Å². The SMILES string of the molecule is ClCC#Cc1ccccc1OC1CCOC2(CCOC2)C1. The van der Waals surface area contributed by atoms with Crippen LogP contribution in [0.2, 0.25) is 0 Å². The van der Waals surface area contributed by atoms with Crippen molar-refractivity contribution in [2.24, 2.45) is 0 Å². The average molecular weight is 307 g/mol. The second-order valence-electron chi connectivity index (χ2n) is 5.50. The number of halogens is 1. The van der Waals surface area contributed by atoms with Crippen LogP contribution in [0.25, 0.3) is 0 Å². The van der Waals surface area contributed by atoms with Crippen LogP contribution in [-0.2, 0) is 9.47 Å². The summed E-state index contributed by atoms with van der Waals surface area (Å²) in [4.78, 5) is 0. The van der Waals surface area contributed by atoms with Gasteiger partial charge in [0.15, 0.2) is 0 Å². The van der Waals surface area contributed by atoms with E-state index in [-0.39, 0.29) is 11.7 Å². The summed E-state index contributed by atoms with van der Waals surface area (Å²) in [5.74, 6) is 7.09. The molecule has 0 aliphatic carbocycles. The number of hydrogen-bond donors (Lipinski definition) is 0. The Morgan fingerprint density at radius 2 is 2.24 bits per heavy atom. The first kappa shape index (κ1) is 14.7. The van der Waals surface area contributed by atoms with Crippen molar-refractivity contribution in [3.8, 4) is 17.6 Å². The lowest BCUT2D eigenvalue weighted by Gasteiger charge is -2.37. The molecule has 4 heteroatoms.